The maximum absolute atomic E-state index is 12.9. The summed E-state index contributed by atoms with van der Waals surface area (Å²) in [5, 5.41) is 12.7. The molecule has 4 rings (SSSR count). The molecule has 164 valence electrons. The molecule has 0 radical (unpaired) electrons. The molecule has 3 heterocycles. The molecule has 10 nitrogen and oxygen atoms in total. The van der Waals surface area contributed by atoms with Crippen LogP contribution in [0, 0.1) is 0 Å². The van der Waals surface area contributed by atoms with Gasteiger partial charge in [0.15, 0.2) is 5.69 Å². The van der Waals surface area contributed by atoms with Crippen LogP contribution in [0.15, 0.2) is 24.3 Å². The van der Waals surface area contributed by atoms with Gasteiger partial charge in [-0.3, -0.25) is 9.59 Å². The molecule has 1 fully saturated rings. The van der Waals surface area contributed by atoms with Crippen molar-refractivity contribution in [2.45, 2.75) is 12.8 Å². The third kappa shape index (κ3) is 4.85. The van der Waals surface area contributed by atoms with Crippen LogP contribution < -0.4 is 20.1 Å². The Bertz CT molecular complexity index is 1060. The maximum Gasteiger partial charge on any atom is 0.273 e. The lowest BCUT2D eigenvalue weighted by atomic mass is 10.1. The number of anilines is 2. The number of nitrogens with zero attached hydrogens (tertiary/aromatic N) is 3. The highest BCUT2D eigenvalue weighted by Crippen LogP contribution is 2.32. The van der Waals surface area contributed by atoms with Crippen LogP contribution in [0.2, 0.25) is 0 Å². The van der Waals surface area contributed by atoms with E-state index in [-0.39, 0.29) is 43.0 Å². The molecule has 2 aliphatic rings. The topological polar surface area (TPSA) is 115 Å². The normalized spacial score (nSPS) is 18.2. The van der Waals surface area contributed by atoms with Gasteiger partial charge >= 0.3 is 0 Å². The maximum atomic E-state index is 12.9. The Morgan fingerprint density at radius 1 is 1.06 bits per heavy atom. The van der Waals surface area contributed by atoms with Gasteiger partial charge in [-0.1, -0.05) is 0 Å². The Morgan fingerprint density at radius 2 is 1.87 bits per heavy atom. The van der Waals surface area contributed by atoms with Gasteiger partial charge in [0.05, 0.1) is 24.6 Å². The van der Waals surface area contributed by atoms with Crippen LogP contribution in [0.1, 0.15) is 37.8 Å². The molecule has 0 saturated carbocycles. The Balaban J connectivity index is 1.69. The third-order valence-electron chi connectivity index (χ3n) is 4.95. The molecular weight excluding hydrogens is 402 g/mol. The molecule has 0 spiro atoms. The number of rotatable bonds is 2. The smallest absolute Gasteiger partial charge is 0.273 e. The number of benzene rings is 1. The van der Waals surface area contributed by atoms with Gasteiger partial charge in [-0.05, 0) is 31.0 Å². The lowest BCUT2D eigenvalue weighted by molar-refractivity contribution is 0.0749. The standard InChI is InChI=1S/C21H25N5O5/c1-22-20(27)19-16-13-18(24-25-19)31-11-9-29-8-10-30-17-12-14(4-5-15(17)23-16)21(28)26-6-2-3-7-26/h4-5,12-13,23H,2-3,6-11H2,1H3,(H,22,27)/i1D3. The number of ether oxygens (including phenoxy) is 3. The SMILES string of the molecule is [2H]C([2H])([2H])NC(=O)c1nnc2cc1Nc1ccc(C(=O)N3CCCC3)cc1OCCOCCO2. The summed E-state index contributed by atoms with van der Waals surface area (Å²) in [5.74, 6) is -0.520. The number of hydrogen-bond acceptors (Lipinski definition) is 8. The van der Waals surface area contributed by atoms with E-state index >= 15 is 0 Å². The van der Waals surface area contributed by atoms with Gasteiger partial charge in [-0.2, -0.15) is 0 Å². The average molecular weight is 430 g/mol. The minimum atomic E-state index is -2.70. The summed E-state index contributed by atoms with van der Waals surface area (Å²) in [7, 11) is 0. The molecule has 2 bridgehead atoms. The van der Waals surface area contributed by atoms with Crippen LogP contribution in [0.5, 0.6) is 11.6 Å². The molecule has 0 aliphatic carbocycles. The zero-order valence-electron chi connectivity index (χ0n) is 19.8. The first-order valence-electron chi connectivity index (χ1n) is 11.5. The van der Waals surface area contributed by atoms with Crippen molar-refractivity contribution >= 4 is 23.2 Å². The Kier molecular flexibility index (Phi) is 5.36. The lowest BCUT2D eigenvalue weighted by Gasteiger charge is -2.18. The zero-order chi connectivity index (χ0) is 24.1. The predicted molar refractivity (Wildman–Crippen MR) is 112 cm³/mol. The fourth-order valence-corrected chi connectivity index (χ4v) is 3.41. The quantitative estimate of drug-likeness (QED) is 0.738. The predicted octanol–water partition coefficient (Wildman–Crippen LogP) is 1.60. The van der Waals surface area contributed by atoms with Gasteiger partial charge in [0.1, 0.15) is 19.0 Å². The zero-order valence-corrected chi connectivity index (χ0v) is 16.8. The van der Waals surface area contributed by atoms with E-state index in [0.717, 1.165) is 25.9 Å². The molecule has 0 unspecified atom stereocenters. The highest BCUT2D eigenvalue weighted by Gasteiger charge is 2.22. The number of nitrogens with one attached hydrogen (secondary N) is 2. The van der Waals surface area contributed by atoms with E-state index in [0.29, 0.717) is 23.6 Å². The van der Waals surface area contributed by atoms with E-state index in [1.165, 1.54) is 6.07 Å². The van der Waals surface area contributed by atoms with E-state index in [1.54, 1.807) is 23.1 Å². The highest BCUT2D eigenvalue weighted by molar-refractivity contribution is 5.99. The average Bonchev–Trinajstić information content (AvgIpc) is 3.32. The van der Waals surface area contributed by atoms with E-state index < -0.39 is 12.9 Å². The number of fused-ring (bicyclic) bond motifs is 3. The molecule has 10 heteroatoms. The van der Waals surface area contributed by atoms with E-state index in [2.05, 4.69) is 15.5 Å². The van der Waals surface area contributed by atoms with Gasteiger partial charge in [-0.25, -0.2) is 0 Å². The minimum absolute atomic E-state index is 0.0814. The Labute approximate surface area is 184 Å². The van der Waals surface area contributed by atoms with Crippen LogP contribution in [-0.4, -0.2) is 73.4 Å². The first-order valence-corrected chi connectivity index (χ1v) is 10.0. The van der Waals surface area contributed by atoms with Gasteiger partial charge < -0.3 is 29.7 Å². The summed E-state index contributed by atoms with van der Waals surface area (Å²) < 4.78 is 38.8. The lowest BCUT2D eigenvalue weighted by Crippen LogP contribution is -2.27. The minimum Gasteiger partial charge on any atom is -0.489 e. The largest absolute Gasteiger partial charge is 0.489 e. The van der Waals surface area contributed by atoms with Crippen molar-refractivity contribution in [3.63, 3.8) is 0 Å². The third-order valence-corrected chi connectivity index (χ3v) is 4.95. The second-order valence-electron chi connectivity index (χ2n) is 7.04. The van der Waals surface area contributed by atoms with Crippen molar-refractivity contribution in [1.82, 2.24) is 20.4 Å². The number of likely N-dealkylation sites (tertiary alicyclic amines) is 1. The molecule has 31 heavy (non-hydrogen) atoms. The molecule has 1 aromatic heterocycles. The first-order chi connectivity index (χ1) is 16.3. The summed E-state index contributed by atoms with van der Waals surface area (Å²) in [6.07, 6.45) is 1.96. The van der Waals surface area contributed by atoms with E-state index in [4.69, 9.17) is 18.3 Å². The summed E-state index contributed by atoms with van der Waals surface area (Å²) in [5.41, 5.74) is 0.845. The molecule has 2 aromatic rings. The van der Waals surface area contributed by atoms with Crippen LogP contribution in [0.4, 0.5) is 11.4 Å². The van der Waals surface area contributed by atoms with Gasteiger partial charge in [0.25, 0.3) is 11.8 Å². The first kappa shape index (κ1) is 17.3. The summed E-state index contributed by atoms with van der Waals surface area (Å²) in [4.78, 5) is 27.2. The van der Waals surface area contributed by atoms with Crippen molar-refractivity contribution in [2.75, 3.05) is 51.8 Å². The van der Waals surface area contributed by atoms with Crippen molar-refractivity contribution in [3.05, 3.63) is 35.5 Å². The number of carbonyl (C=O) groups is 2. The molecule has 0 atom stereocenters. The van der Waals surface area contributed by atoms with Crippen LogP contribution in [-0.2, 0) is 4.74 Å². The van der Waals surface area contributed by atoms with Crippen LogP contribution in [0.25, 0.3) is 0 Å². The van der Waals surface area contributed by atoms with Crippen LogP contribution in [0.3, 0.4) is 0 Å². The summed E-state index contributed by atoms with van der Waals surface area (Å²) in [6.45, 7) is -0.287. The van der Waals surface area contributed by atoms with Crippen molar-refractivity contribution < 1.29 is 27.9 Å². The van der Waals surface area contributed by atoms with Crippen molar-refractivity contribution in [1.29, 1.82) is 0 Å². The fraction of sp³-hybridized carbons (Fsp3) is 0.429. The molecule has 1 aromatic carbocycles. The van der Waals surface area contributed by atoms with Crippen molar-refractivity contribution in [3.8, 4) is 11.6 Å². The molecule has 1 saturated heterocycles. The molecule has 2 amide bonds. The van der Waals surface area contributed by atoms with Crippen LogP contribution >= 0.6 is 0 Å². The highest BCUT2D eigenvalue weighted by atomic mass is 16.5. The monoisotopic (exact) mass is 430 g/mol. The Morgan fingerprint density at radius 3 is 2.68 bits per heavy atom. The number of aromatic nitrogens is 2. The second-order valence-corrected chi connectivity index (χ2v) is 7.04. The number of carbonyl (C=O) groups excluding carboxylic acids is 2. The molecule has 2 aliphatic heterocycles. The van der Waals surface area contributed by atoms with E-state index in [9.17, 15) is 9.59 Å². The van der Waals surface area contributed by atoms with Gasteiger partial charge in [0.2, 0.25) is 5.88 Å². The van der Waals surface area contributed by atoms with Gasteiger partial charge in [-0.15, -0.1) is 10.2 Å². The Hall–Kier alpha value is -3.40. The molecular formula is C21H25N5O5. The number of hydrogen-bond donors (Lipinski definition) is 2. The summed E-state index contributed by atoms with van der Waals surface area (Å²) >= 11 is 0. The molecule has 2 N–H and O–H groups in total. The van der Waals surface area contributed by atoms with Crippen molar-refractivity contribution in [2.24, 2.45) is 0 Å². The fourth-order valence-electron chi connectivity index (χ4n) is 3.41. The second kappa shape index (κ2) is 9.61. The summed E-state index contributed by atoms with van der Waals surface area (Å²) in [6, 6.07) is 6.40. The van der Waals surface area contributed by atoms with E-state index in [1.807, 2.05) is 5.32 Å². The van der Waals surface area contributed by atoms with Gasteiger partial charge in [0, 0.05) is 35.8 Å². The number of amides is 2.